The Morgan fingerprint density at radius 1 is 1.25 bits per heavy atom. The van der Waals surface area contributed by atoms with E-state index in [-0.39, 0.29) is 37.7 Å². The van der Waals surface area contributed by atoms with Crippen molar-refractivity contribution in [3.63, 3.8) is 0 Å². The zero-order valence-corrected chi connectivity index (χ0v) is 4.04. The Labute approximate surface area is 79.0 Å². The van der Waals surface area contributed by atoms with Gasteiger partial charge in [0.05, 0.1) is 0 Å². The van der Waals surface area contributed by atoms with Gasteiger partial charge >= 0.3 is 37.7 Å². The molecule has 0 atom stereocenters. The standard InChI is InChI=1S/C5H8N2.Ca.2H/c6-7-4-2-1-3-5-7;;;/h2-5H,1,6H2;;;. The van der Waals surface area contributed by atoms with Gasteiger partial charge in [-0.2, -0.15) is 0 Å². The van der Waals surface area contributed by atoms with Crippen LogP contribution in [-0.2, 0) is 0 Å². The zero-order valence-electron chi connectivity index (χ0n) is 4.04. The summed E-state index contributed by atoms with van der Waals surface area (Å²) in [7, 11) is 0. The fourth-order valence-electron chi connectivity index (χ4n) is 0.493. The Bertz CT molecular complexity index is 97.0. The molecule has 0 unspecified atom stereocenters. The second kappa shape index (κ2) is 4.39. The van der Waals surface area contributed by atoms with E-state index >= 15 is 0 Å². The molecule has 0 amide bonds. The molecule has 0 radical (unpaired) electrons. The molecule has 42 valence electrons. The molecule has 0 bridgehead atoms. The van der Waals surface area contributed by atoms with Gasteiger partial charge in [-0.3, -0.25) is 5.01 Å². The number of nitrogens with zero attached hydrogens (tertiary/aromatic N) is 1. The molecule has 1 aliphatic heterocycles. The van der Waals surface area contributed by atoms with Crippen molar-refractivity contribution < 1.29 is 0 Å². The molecular weight excluding hydrogens is 128 g/mol. The third-order valence-electron chi connectivity index (χ3n) is 0.827. The second-order valence-electron chi connectivity index (χ2n) is 1.45. The molecule has 8 heavy (non-hydrogen) atoms. The van der Waals surface area contributed by atoms with E-state index < -0.39 is 0 Å². The number of allylic oxidation sites excluding steroid dienone is 2. The summed E-state index contributed by atoms with van der Waals surface area (Å²) >= 11 is 0. The number of hydrogen-bond acceptors (Lipinski definition) is 2. The fourth-order valence-corrected chi connectivity index (χ4v) is 0.493. The first-order valence-corrected chi connectivity index (χ1v) is 2.26. The average Bonchev–Trinajstić information content (AvgIpc) is 1.69. The molecule has 1 rings (SSSR count). The monoisotopic (exact) mass is 138 g/mol. The SMILES string of the molecule is NN1C=CCC=C1.[CaH2]. The number of hydrogen-bond donors (Lipinski definition) is 1. The number of rotatable bonds is 0. The van der Waals surface area contributed by atoms with Crippen molar-refractivity contribution in [3.05, 3.63) is 24.6 Å². The summed E-state index contributed by atoms with van der Waals surface area (Å²) in [6, 6.07) is 0. The third kappa shape index (κ3) is 2.72. The van der Waals surface area contributed by atoms with Gasteiger partial charge in [-0.1, -0.05) is 12.2 Å². The van der Waals surface area contributed by atoms with Gasteiger partial charge in [0.1, 0.15) is 0 Å². The molecule has 0 aromatic heterocycles. The number of hydrazine groups is 1. The molecule has 2 N–H and O–H groups in total. The van der Waals surface area contributed by atoms with Crippen LogP contribution in [-0.4, -0.2) is 42.7 Å². The summed E-state index contributed by atoms with van der Waals surface area (Å²) in [5.41, 5.74) is 0. The number of nitrogens with two attached hydrogens (primary N) is 1. The molecule has 0 aromatic rings. The van der Waals surface area contributed by atoms with Gasteiger partial charge in [-0.15, -0.1) is 0 Å². The third-order valence-corrected chi connectivity index (χ3v) is 0.827. The van der Waals surface area contributed by atoms with Gasteiger partial charge in [-0.05, 0) is 6.42 Å². The van der Waals surface area contributed by atoms with Gasteiger partial charge in [0.15, 0.2) is 0 Å². The van der Waals surface area contributed by atoms with E-state index in [1.54, 1.807) is 0 Å². The van der Waals surface area contributed by atoms with Crippen LogP contribution in [0.4, 0.5) is 0 Å². The molecule has 0 aromatic carbocycles. The normalized spacial score (nSPS) is 15.9. The molecule has 1 heterocycles. The van der Waals surface area contributed by atoms with Gasteiger partial charge < -0.3 is 0 Å². The molecule has 1 aliphatic rings. The van der Waals surface area contributed by atoms with Crippen molar-refractivity contribution in [2.75, 3.05) is 0 Å². The Kier molecular flexibility index (Phi) is 4.66. The van der Waals surface area contributed by atoms with Crippen LogP contribution in [0.3, 0.4) is 0 Å². The van der Waals surface area contributed by atoms with Crippen molar-refractivity contribution in [1.82, 2.24) is 5.01 Å². The molecule has 0 saturated carbocycles. The summed E-state index contributed by atoms with van der Waals surface area (Å²) in [5.74, 6) is 5.29. The molecule has 0 spiro atoms. The fraction of sp³-hybridized carbons (Fsp3) is 0.200. The molecule has 3 heteroatoms. The van der Waals surface area contributed by atoms with E-state index in [0.29, 0.717) is 0 Å². The average molecular weight is 138 g/mol. The summed E-state index contributed by atoms with van der Waals surface area (Å²) in [4.78, 5) is 0. The molecular formula is C5H10CaN2. The first-order valence-electron chi connectivity index (χ1n) is 2.26. The van der Waals surface area contributed by atoms with E-state index in [1.165, 1.54) is 5.01 Å². The van der Waals surface area contributed by atoms with Crippen LogP contribution < -0.4 is 5.84 Å². The Morgan fingerprint density at radius 3 is 2.00 bits per heavy atom. The maximum absolute atomic E-state index is 5.29. The molecule has 0 aliphatic carbocycles. The van der Waals surface area contributed by atoms with E-state index in [0.717, 1.165) is 6.42 Å². The van der Waals surface area contributed by atoms with Crippen LogP contribution in [0.25, 0.3) is 0 Å². The van der Waals surface area contributed by atoms with Crippen molar-refractivity contribution in [3.8, 4) is 0 Å². The van der Waals surface area contributed by atoms with Crippen LogP contribution in [0.15, 0.2) is 24.6 Å². The first-order chi connectivity index (χ1) is 3.39. The van der Waals surface area contributed by atoms with Crippen molar-refractivity contribution in [2.45, 2.75) is 6.42 Å². The van der Waals surface area contributed by atoms with E-state index in [9.17, 15) is 0 Å². The van der Waals surface area contributed by atoms with Crippen molar-refractivity contribution >= 4 is 37.7 Å². The molecule has 0 fully saturated rings. The summed E-state index contributed by atoms with van der Waals surface area (Å²) in [5, 5.41) is 1.53. The van der Waals surface area contributed by atoms with Crippen LogP contribution in [0.2, 0.25) is 0 Å². The Morgan fingerprint density at radius 2 is 1.75 bits per heavy atom. The van der Waals surface area contributed by atoms with E-state index in [2.05, 4.69) is 0 Å². The van der Waals surface area contributed by atoms with Crippen LogP contribution >= 0.6 is 0 Å². The van der Waals surface area contributed by atoms with Gasteiger partial charge in [0.25, 0.3) is 0 Å². The molecule has 0 saturated heterocycles. The van der Waals surface area contributed by atoms with Crippen LogP contribution in [0, 0.1) is 0 Å². The Balaban J connectivity index is 0.000000490. The topological polar surface area (TPSA) is 29.3 Å². The predicted octanol–water partition coefficient (Wildman–Crippen LogP) is -0.323. The maximum atomic E-state index is 5.29. The Hall–Kier alpha value is 0.500. The summed E-state index contributed by atoms with van der Waals surface area (Å²) in [6.45, 7) is 0. The minimum atomic E-state index is 0. The van der Waals surface area contributed by atoms with Crippen LogP contribution in [0.5, 0.6) is 0 Å². The van der Waals surface area contributed by atoms with E-state index in [4.69, 9.17) is 5.84 Å². The summed E-state index contributed by atoms with van der Waals surface area (Å²) in [6.07, 6.45) is 8.67. The van der Waals surface area contributed by atoms with Gasteiger partial charge in [-0.25, -0.2) is 5.84 Å². The van der Waals surface area contributed by atoms with Crippen molar-refractivity contribution in [1.29, 1.82) is 0 Å². The quantitative estimate of drug-likeness (QED) is 0.367. The minimum absolute atomic E-state index is 0. The van der Waals surface area contributed by atoms with Crippen molar-refractivity contribution in [2.24, 2.45) is 5.84 Å². The molecule has 2 nitrogen and oxygen atoms in total. The summed E-state index contributed by atoms with van der Waals surface area (Å²) < 4.78 is 0. The van der Waals surface area contributed by atoms with Gasteiger partial charge in [0.2, 0.25) is 0 Å². The van der Waals surface area contributed by atoms with E-state index in [1.807, 2.05) is 24.6 Å². The van der Waals surface area contributed by atoms with Crippen LogP contribution in [0.1, 0.15) is 6.42 Å². The first kappa shape index (κ1) is 8.50. The predicted molar refractivity (Wildman–Crippen MR) is 37.5 cm³/mol. The van der Waals surface area contributed by atoms with Gasteiger partial charge in [0, 0.05) is 12.4 Å². The zero-order chi connectivity index (χ0) is 5.11. The second-order valence-corrected chi connectivity index (χ2v) is 1.45.